The summed E-state index contributed by atoms with van der Waals surface area (Å²) in [5.74, 6) is -0.556. The van der Waals surface area contributed by atoms with Gasteiger partial charge in [0, 0.05) is 16.3 Å². The summed E-state index contributed by atoms with van der Waals surface area (Å²) in [5, 5.41) is 4.20. The fraction of sp³-hybridized carbons (Fsp3) is 0.0588. The molecule has 1 aromatic heterocycles. The maximum atomic E-state index is 13.0. The fourth-order valence-corrected chi connectivity index (χ4v) is 3.16. The van der Waals surface area contributed by atoms with Crippen LogP contribution >= 0.6 is 22.9 Å². The summed E-state index contributed by atoms with van der Waals surface area (Å²) >= 11 is 7.14. The first-order chi connectivity index (χ1) is 11.4. The lowest BCUT2D eigenvalue weighted by Gasteiger charge is -2.06. The van der Waals surface area contributed by atoms with Crippen LogP contribution in [0.2, 0.25) is 5.02 Å². The van der Waals surface area contributed by atoms with Crippen LogP contribution in [-0.2, 0) is 0 Å². The maximum absolute atomic E-state index is 13.0. The van der Waals surface area contributed by atoms with Crippen molar-refractivity contribution in [2.45, 2.75) is 6.92 Å². The van der Waals surface area contributed by atoms with Gasteiger partial charge in [0.05, 0.1) is 0 Å². The molecule has 0 aliphatic heterocycles. The topological polar surface area (TPSA) is 68.0 Å². The highest BCUT2D eigenvalue weighted by molar-refractivity contribution is 7.18. The Hall–Kier alpha value is -2.44. The van der Waals surface area contributed by atoms with Gasteiger partial charge in [0.1, 0.15) is 16.5 Å². The number of halogens is 2. The van der Waals surface area contributed by atoms with E-state index in [1.807, 2.05) is 13.0 Å². The van der Waals surface area contributed by atoms with Crippen molar-refractivity contribution in [3.63, 3.8) is 0 Å². The van der Waals surface area contributed by atoms with Crippen LogP contribution in [0.15, 0.2) is 42.5 Å². The second-order valence-corrected chi connectivity index (χ2v) is 6.59. The zero-order valence-corrected chi connectivity index (χ0v) is 14.2. The van der Waals surface area contributed by atoms with E-state index in [1.54, 1.807) is 12.1 Å². The molecule has 0 unspecified atom stereocenters. The number of nitrogens with one attached hydrogen (secondary N) is 1. The van der Waals surface area contributed by atoms with Crippen molar-refractivity contribution in [3.05, 3.63) is 69.3 Å². The number of thiazole rings is 1. The van der Waals surface area contributed by atoms with E-state index in [9.17, 15) is 9.18 Å². The predicted molar refractivity (Wildman–Crippen MR) is 95.8 cm³/mol. The number of hydrogen-bond acceptors (Lipinski definition) is 5. The summed E-state index contributed by atoms with van der Waals surface area (Å²) in [4.78, 5) is 17.0. The number of hydrogen-bond donors (Lipinski definition) is 2. The third-order valence-electron chi connectivity index (χ3n) is 3.41. The lowest BCUT2D eigenvalue weighted by atomic mass is 10.1. The molecule has 0 spiro atoms. The van der Waals surface area contributed by atoms with Gasteiger partial charge in [-0.25, -0.2) is 9.37 Å². The Morgan fingerprint density at radius 3 is 2.67 bits per heavy atom. The molecule has 0 aliphatic carbocycles. The van der Waals surface area contributed by atoms with E-state index in [0.717, 1.165) is 22.6 Å². The quantitative estimate of drug-likeness (QED) is 0.655. The molecule has 0 atom stereocenters. The first-order valence-corrected chi connectivity index (χ1v) is 8.23. The van der Waals surface area contributed by atoms with E-state index in [0.29, 0.717) is 20.6 Å². The zero-order valence-electron chi connectivity index (χ0n) is 12.6. The minimum absolute atomic E-state index is 0.136. The highest BCUT2D eigenvalue weighted by Gasteiger charge is 2.18. The van der Waals surface area contributed by atoms with Crippen LogP contribution in [0.4, 0.5) is 21.0 Å². The molecule has 0 aliphatic rings. The highest BCUT2D eigenvalue weighted by Crippen LogP contribution is 2.31. The molecule has 3 aromatic rings. The molecule has 0 saturated heterocycles. The number of nitrogens with two attached hydrogens (primary N) is 1. The van der Waals surface area contributed by atoms with Gasteiger partial charge in [-0.05, 0) is 48.9 Å². The van der Waals surface area contributed by atoms with Gasteiger partial charge < -0.3 is 11.1 Å². The summed E-state index contributed by atoms with van der Waals surface area (Å²) in [6.07, 6.45) is 0. The largest absolute Gasteiger partial charge is 0.382 e. The van der Waals surface area contributed by atoms with E-state index < -0.39 is 5.82 Å². The Morgan fingerprint density at radius 2 is 1.96 bits per heavy atom. The van der Waals surface area contributed by atoms with Crippen molar-refractivity contribution in [1.82, 2.24) is 4.98 Å². The van der Waals surface area contributed by atoms with Crippen LogP contribution in [0.3, 0.4) is 0 Å². The van der Waals surface area contributed by atoms with Gasteiger partial charge in [-0.2, -0.15) is 0 Å². The first-order valence-electron chi connectivity index (χ1n) is 7.04. The van der Waals surface area contributed by atoms with E-state index in [-0.39, 0.29) is 11.6 Å². The maximum Gasteiger partial charge on any atom is 0.206 e. The molecule has 24 heavy (non-hydrogen) atoms. The van der Waals surface area contributed by atoms with Crippen LogP contribution in [0.1, 0.15) is 20.8 Å². The van der Waals surface area contributed by atoms with Gasteiger partial charge in [0.15, 0.2) is 5.13 Å². The average molecular weight is 362 g/mol. The van der Waals surface area contributed by atoms with Crippen LogP contribution in [0.25, 0.3) is 0 Å². The van der Waals surface area contributed by atoms with Crippen LogP contribution in [0, 0.1) is 12.7 Å². The second-order valence-electron chi connectivity index (χ2n) is 5.15. The Bertz CT molecular complexity index is 909. The summed E-state index contributed by atoms with van der Waals surface area (Å²) in [5.41, 5.74) is 8.00. The molecule has 0 fully saturated rings. The minimum Gasteiger partial charge on any atom is -0.382 e. The third kappa shape index (κ3) is 3.39. The number of aromatic nitrogens is 1. The molecular formula is C17H13ClFN3OS. The Kier molecular flexibility index (Phi) is 4.51. The van der Waals surface area contributed by atoms with Gasteiger partial charge in [-0.15, -0.1) is 0 Å². The number of carbonyl (C=O) groups is 1. The molecule has 4 nitrogen and oxygen atoms in total. The smallest absolute Gasteiger partial charge is 0.206 e. The summed E-state index contributed by atoms with van der Waals surface area (Å²) in [6, 6.07) is 10.8. The van der Waals surface area contributed by atoms with Gasteiger partial charge in [0.2, 0.25) is 5.78 Å². The standard InChI is InChI=1S/C17H13ClFN3OS/c1-9-2-5-11(18)8-13(9)21-17-22-16(20)15(24-17)14(23)10-3-6-12(19)7-4-10/h2-8H,20H2,1H3,(H,21,22). The second kappa shape index (κ2) is 6.59. The van der Waals surface area contributed by atoms with Crippen molar-refractivity contribution < 1.29 is 9.18 Å². The monoisotopic (exact) mass is 361 g/mol. The third-order valence-corrected chi connectivity index (χ3v) is 4.63. The van der Waals surface area contributed by atoms with Crippen molar-refractivity contribution in [2.24, 2.45) is 0 Å². The van der Waals surface area contributed by atoms with E-state index in [2.05, 4.69) is 10.3 Å². The molecule has 0 saturated carbocycles. The molecule has 2 aromatic carbocycles. The summed E-state index contributed by atoms with van der Waals surface area (Å²) < 4.78 is 13.0. The van der Waals surface area contributed by atoms with Crippen molar-refractivity contribution in [1.29, 1.82) is 0 Å². The van der Waals surface area contributed by atoms with Crippen LogP contribution in [0.5, 0.6) is 0 Å². The lowest BCUT2D eigenvalue weighted by Crippen LogP contribution is -2.02. The fourth-order valence-electron chi connectivity index (χ4n) is 2.12. The molecule has 0 bridgehead atoms. The van der Waals surface area contributed by atoms with Crippen molar-refractivity contribution in [3.8, 4) is 0 Å². The number of anilines is 3. The molecular weight excluding hydrogens is 349 g/mol. The normalized spacial score (nSPS) is 10.6. The summed E-state index contributed by atoms with van der Waals surface area (Å²) in [7, 11) is 0. The molecule has 122 valence electrons. The predicted octanol–water partition coefficient (Wildman–Crippen LogP) is 4.80. The number of ketones is 1. The van der Waals surface area contributed by atoms with Gasteiger partial charge in [-0.1, -0.05) is 29.0 Å². The zero-order chi connectivity index (χ0) is 17.3. The van der Waals surface area contributed by atoms with Crippen LogP contribution in [-0.4, -0.2) is 10.8 Å². The number of nitrogens with zero attached hydrogens (tertiary/aromatic N) is 1. The number of carbonyl (C=O) groups excluding carboxylic acids is 1. The molecule has 3 N–H and O–H groups in total. The molecule has 0 amide bonds. The molecule has 3 rings (SSSR count). The van der Waals surface area contributed by atoms with E-state index >= 15 is 0 Å². The Labute approximate surface area is 147 Å². The summed E-state index contributed by atoms with van der Waals surface area (Å²) in [6.45, 7) is 1.93. The van der Waals surface area contributed by atoms with Gasteiger partial charge in [0.25, 0.3) is 0 Å². The molecule has 0 radical (unpaired) electrons. The average Bonchev–Trinajstić information content (AvgIpc) is 2.91. The number of rotatable bonds is 4. The van der Waals surface area contributed by atoms with E-state index in [1.165, 1.54) is 24.3 Å². The Morgan fingerprint density at radius 1 is 1.25 bits per heavy atom. The SMILES string of the molecule is Cc1ccc(Cl)cc1Nc1nc(N)c(C(=O)c2ccc(F)cc2)s1. The van der Waals surface area contributed by atoms with Gasteiger partial charge in [-0.3, -0.25) is 4.79 Å². The number of benzene rings is 2. The highest BCUT2D eigenvalue weighted by atomic mass is 35.5. The first kappa shape index (κ1) is 16.4. The lowest BCUT2D eigenvalue weighted by molar-refractivity contribution is 0.104. The minimum atomic E-state index is -0.400. The molecule has 7 heteroatoms. The van der Waals surface area contributed by atoms with Crippen molar-refractivity contribution in [2.75, 3.05) is 11.1 Å². The number of aryl methyl sites for hydroxylation is 1. The van der Waals surface area contributed by atoms with E-state index in [4.69, 9.17) is 17.3 Å². The molecule has 1 heterocycles. The van der Waals surface area contributed by atoms with Crippen molar-refractivity contribution >= 4 is 45.4 Å². The Balaban J connectivity index is 1.88. The van der Waals surface area contributed by atoms with Gasteiger partial charge >= 0.3 is 0 Å². The van der Waals surface area contributed by atoms with Crippen LogP contribution < -0.4 is 11.1 Å². The number of nitrogen functional groups attached to an aromatic ring is 1.